The molecule has 0 saturated carbocycles. The number of nitrogens with two attached hydrogens (primary N) is 1. The Kier molecular flexibility index (Phi) is 8.89. The molecule has 5 nitrogen and oxygen atoms in total. The molecule has 0 aromatic heterocycles. The Morgan fingerprint density at radius 2 is 1.75 bits per heavy atom. The molecule has 6 heteroatoms. The third-order valence-electron chi connectivity index (χ3n) is 3.34. The lowest BCUT2D eigenvalue weighted by Gasteiger charge is -2.29. The fourth-order valence-corrected chi connectivity index (χ4v) is 2.91. The number of ether oxygens (including phenoxy) is 1. The van der Waals surface area contributed by atoms with E-state index in [1.54, 1.807) is 4.90 Å². The largest absolute Gasteiger partial charge is 0.468 e. The number of hydrogen-bond donors (Lipinski definition) is 1. The first-order chi connectivity index (χ1) is 9.22. The van der Waals surface area contributed by atoms with E-state index in [9.17, 15) is 9.59 Å². The third-order valence-corrected chi connectivity index (χ3v) is 4.53. The van der Waals surface area contributed by atoms with Crippen molar-refractivity contribution >= 4 is 23.6 Å². The van der Waals surface area contributed by atoms with Gasteiger partial charge in [0.15, 0.2) is 0 Å². The average molecular weight is 304 g/mol. The molecule has 0 rings (SSSR count). The zero-order chi connectivity index (χ0) is 15.9. The van der Waals surface area contributed by atoms with Crippen LogP contribution in [0.4, 0.5) is 0 Å². The molecule has 0 aliphatic carbocycles. The molecule has 0 aliphatic rings. The Morgan fingerprint density at radius 3 is 2.15 bits per heavy atom. The van der Waals surface area contributed by atoms with Crippen molar-refractivity contribution in [1.29, 1.82) is 0 Å². The van der Waals surface area contributed by atoms with Gasteiger partial charge in [-0.1, -0.05) is 13.8 Å². The van der Waals surface area contributed by atoms with Gasteiger partial charge in [0.1, 0.15) is 6.04 Å². The van der Waals surface area contributed by atoms with Gasteiger partial charge in [-0.3, -0.25) is 9.59 Å². The quantitative estimate of drug-likeness (QED) is 0.686. The highest BCUT2D eigenvalue weighted by molar-refractivity contribution is 7.99. The topological polar surface area (TPSA) is 72.6 Å². The highest BCUT2D eigenvalue weighted by Crippen LogP contribution is 2.21. The monoisotopic (exact) mass is 304 g/mol. The van der Waals surface area contributed by atoms with Crippen LogP contribution in [0.25, 0.3) is 0 Å². The summed E-state index contributed by atoms with van der Waals surface area (Å²) in [6.45, 7) is 8.07. The first-order valence-corrected chi connectivity index (χ1v) is 8.05. The van der Waals surface area contributed by atoms with E-state index in [-0.39, 0.29) is 23.8 Å². The maximum Gasteiger partial charge on any atom is 0.323 e. The lowest BCUT2D eigenvalue weighted by Crippen LogP contribution is -2.41. The molecule has 0 aromatic rings. The Labute approximate surface area is 126 Å². The Hall–Kier alpha value is -0.750. The SMILES string of the molecule is COC(=O)C(N)CSC[C@H](C(=O)N(C)C(C)C)C(C)C. The zero-order valence-corrected chi connectivity index (χ0v) is 14.2. The van der Waals surface area contributed by atoms with Crippen molar-refractivity contribution in [2.75, 3.05) is 25.7 Å². The summed E-state index contributed by atoms with van der Waals surface area (Å²) in [5.74, 6) is 1.06. The number of esters is 1. The molecule has 2 N–H and O–H groups in total. The van der Waals surface area contributed by atoms with Gasteiger partial charge < -0.3 is 15.4 Å². The number of nitrogens with zero attached hydrogens (tertiary/aromatic N) is 1. The molecule has 20 heavy (non-hydrogen) atoms. The van der Waals surface area contributed by atoms with Crippen LogP contribution in [0.3, 0.4) is 0 Å². The molecule has 0 radical (unpaired) electrons. The van der Waals surface area contributed by atoms with Crippen molar-refractivity contribution in [1.82, 2.24) is 4.90 Å². The van der Waals surface area contributed by atoms with Crippen LogP contribution in [0.1, 0.15) is 27.7 Å². The first kappa shape index (κ1) is 19.2. The second-order valence-electron chi connectivity index (χ2n) is 5.56. The molecule has 0 aromatic carbocycles. The fraction of sp³-hybridized carbons (Fsp3) is 0.857. The van der Waals surface area contributed by atoms with E-state index in [4.69, 9.17) is 5.73 Å². The molecule has 1 amide bonds. The maximum atomic E-state index is 12.4. The van der Waals surface area contributed by atoms with Gasteiger partial charge in [0.2, 0.25) is 5.91 Å². The summed E-state index contributed by atoms with van der Waals surface area (Å²) in [5, 5.41) is 0. The van der Waals surface area contributed by atoms with Gasteiger partial charge in [0.25, 0.3) is 0 Å². The Morgan fingerprint density at radius 1 is 1.20 bits per heavy atom. The number of hydrogen-bond acceptors (Lipinski definition) is 5. The number of thioether (sulfide) groups is 1. The van der Waals surface area contributed by atoms with Crippen LogP contribution < -0.4 is 5.73 Å². The van der Waals surface area contributed by atoms with Crippen molar-refractivity contribution in [2.24, 2.45) is 17.6 Å². The molecule has 2 atom stereocenters. The summed E-state index contributed by atoms with van der Waals surface area (Å²) < 4.78 is 4.58. The van der Waals surface area contributed by atoms with Crippen LogP contribution in [-0.4, -0.2) is 54.5 Å². The van der Waals surface area contributed by atoms with Crippen molar-refractivity contribution in [3.63, 3.8) is 0 Å². The number of carbonyl (C=O) groups excluding carboxylic acids is 2. The summed E-state index contributed by atoms with van der Waals surface area (Å²) in [6, 6.07) is -0.443. The smallest absolute Gasteiger partial charge is 0.323 e. The number of rotatable bonds is 8. The lowest BCUT2D eigenvalue weighted by atomic mass is 9.96. The van der Waals surface area contributed by atoms with Gasteiger partial charge in [-0.15, -0.1) is 0 Å². The van der Waals surface area contributed by atoms with Crippen LogP contribution in [0.5, 0.6) is 0 Å². The lowest BCUT2D eigenvalue weighted by molar-refractivity contribution is -0.141. The van der Waals surface area contributed by atoms with Crippen LogP contribution in [0.15, 0.2) is 0 Å². The minimum absolute atomic E-state index is 0.0581. The van der Waals surface area contributed by atoms with E-state index in [2.05, 4.69) is 4.74 Å². The van der Waals surface area contributed by atoms with Crippen molar-refractivity contribution in [3.05, 3.63) is 0 Å². The molecule has 0 heterocycles. The summed E-state index contributed by atoms with van der Waals surface area (Å²) in [7, 11) is 3.15. The molecule has 0 spiro atoms. The summed E-state index contributed by atoms with van der Waals surface area (Å²) in [5.41, 5.74) is 5.68. The van der Waals surface area contributed by atoms with Gasteiger partial charge in [0, 0.05) is 30.5 Å². The van der Waals surface area contributed by atoms with Gasteiger partial charge in [-0.2, -0.15) is 11.8 Å². The van der Waals surface area contributed by atoms with Crippen molar-refractivity contribution in [3.8, 4) is 0 Å². The van der Waals surface area contributed by atoms with Crippen LogP contribution in [0, 0.1) is 11.8 Å². The van der Waals surface area contributed by atoms with Crippen LogP contribution >= 0.6 is 11.8 Å². The summed E-state index contributed by atoms with van der Waals surface area (Å²) in [6.07, 6.45) is 0. The highest BCUT2D eigenvalue weighted by atomic mass is 32.2. The van der Waals surface area contributed by atoms with Gasteiger partial charge in [0.05, 0.1) is 7.11 Å². The first-order valence-electron chi connectivity index (χ1n) is 6.90. The Bertz CT molecular complexity index is 322. The number of amides is 1. The fourth-order valence-electron chi connectivity index (χ4n) is 1.61. The number of methoxy groups -OCH3 is 1. The third kappa shape index (κ3) is 6.13. The molecule has 118 valence electrons. The van der Waals surface area contributed by atoms with E-state index in [1.807, 2.05) is 34.7 Å². The van der Waals surface area contributed by atoms with Crippen LogP contribution in [0.2, 0.25) is 0 Å². The standard InChI is InChI=1S/C14H28N2O3S/c1-9(2)11(13(17)16(5)10(3)4)7-20-8-12(15)14(18)19-6/h9-12H,7-8,15H2,1-6H3/t11-,12?/m0/s1. The molecule has 1 unspecified atom stereocenters. The summed E-state index contributed by atoms with van der Waals surface area (Å²) >= 11 is 1.53. The molecule has 0 fully saturated rings. The second-order valence-corrected chi connectivity index (χ2v) is 6.64. The molecule has 0 saturated heterocycles. The zero-order valence-electron chi connectivity index (χ0n) is 13.4. The van der Waals surface area contributed by atoms with Crippen LogP contribution in [-0.2, 0) is 14.3 Å². The van der Waals surface area contributed by atoms with Gasteiger partial charge in [-0.25, -0.2) is 0 Å². The van der Waals surface area contributed by atoms with E-state index in [0.717, 1.165) is 0 Å². The number of carbonyl (C=O) groups is 2. The van der Waals surface area contributed by atoms with E-state index in [0.29, 0.717) is 11.5 Å². The van der Waals surface area contributed by atoms with E-state index in [1.165, 1.54) is 18.9 Å². The van der Waals surface area contributed by atoms with Gasteiger partial charge in [-0.05, 0) is 19.8 Å². The highest BCUT2D eigenvalue weighted by Gasteiger charge is 2.27. The maximum absolute atomic E-state index is 12.4. The summed E-state index contributed by atoms with van der Waals surface area (Å²) in [4.78, 5) is 25.4. The molecular weight excluding hydrogens is 276 g/mol. The second kappa shape index (κ2) is 9.23. The van der Waals surface area contributed by atoms with E-state index >= 15 is 0 Å². The van der Waals surface area contributed by atoms with E-state index < -0.39 is 12.0 Å². The minimum atomic E-state index is -0.629. The van der Waals surface area contributed by atoms with Crippen molar-refractivity contribution < 1.29 is 14.3 Å². The molecule has 0 aliphatic heterocycles. The Balaban J connectivity index is 4.43. The predicted molar refractivity (Wildman–Crippen MR) is 83.6 cm³/mol. The molecule has 0 bridgehead atoms. The normalized spacial score (nSPS) is 14.2. The predicted octanol–water partition coefficient (Wildman–Crippen LogP) is 1.36. The van der Waals surface area contributed by atoms with Gasteiger partial charge >= 0.3 is 5.97 Å². The average Bonchev–Trinajstić information content (AvgIpc) is 2.40. The minimum Gasteiger partial charge on any atom is -0.468 e. The van der Waals surface area contributed by atoms with Crippen molar-refractivity contribution in [2.45, 2.75) is 39.8 Å². The molecular formula is C14H28N2O3S.